The molecule has 1 saturated heterocycles. The van der Waals surface area contributed by atoms with Crippen molar-refractivity contribution in [2.75, 3.05) is 30.4 Å². The lowest BCUT2D eigenvalue weighted by atomic mass is 9.92. The third kappa shape index (κ3) is 3.73. The second kappa shape index (κ2) is 7.34. The second-order valence-corrected chi connectivity index (χ2v) is 6.59. The summed E-state index contributed by atoms with van der Waals surface area (Å²) >= 11 is 0. The molecule has 4 nitrogen and oxygen atoms in total. The molecule has 1 aliphatic carbocycles. The SMILES string of the molecule is COC1CCC(Nc2ccccc2N2CCC(O)CC2)CC1. The molecule has 0 atom stereocenters. The normalized spacial score (nSPS) is 26.9. The molecule has 0 bridgehead atoms. The molecule has 2 aliphatic rings. The van der Waals surface area contributed by atoms with Crippen molar-refractivity contribution in [2.24, 2.45) is 0 Å². The van der Waals surface area contributed by atoms with Crippen LogP contribution in [-0.2, 0) is 4.74 Å². The van der Waals surface area contributed by atoms with E-state index in [-0.39, 0.29) is 6.10 Å². The molecule has 2 N–H and O–H groups in total. The van der Waals surface area contributed by atoms with E-state index in [4.69, 9.17) is 4.74 Å². The topological polar surface area (TPSA) is 44.7 Å². The van der Waals surface area contributed by atoms with Crippen LogP contribution in [0, 0.1) is 0 Å². The Morgan fingerprint density at radius 3 is 2.41 bits per heavy atom. The molecule has 0 aromatic heterocycles. The van der Waals surface area contributed by atoms with Gasteiger partial charge in [-0.05, 0) is 50.7 Å². The Morgan fingerprint density at radius 2 is 1.73 bits per heavy atom. The first-order chi connectivity index (χ1) is 10.8. The molecule has 0 unspecified atom stereocenters. The molecule has 1 aliphatic heterocycles. The number of hydrogen-bond acceptors (Lipinski definition) is 4. The Morgan fingerprint density at radius 1 is 1.05 bits per heavy atom. The highest BCUT2D eigenvalue weighted by atomic mass is 16.5. The Labute approximate surface area is 133 Å². The van der Waals surface area contributed by atoms with Crippen LogP contribution in [0.3, 0.4) is 0 Å². The van der Waals surface area contributed by atoms with Crippen LogP contribution >= 0.6 is 0 Å². The number of rotatable bonds is 4. The number of hydrogen-bond donors (Lipinski definition) is 2. The number of ether oxygens (including phenoxy) is 1. The molecule has 122 valence electrons. The largest absolute Gasteiger partial charge is 0.393 e. The average molecular weight is 304 g/mol. The first kappa shape index (κ1) is 15.6. The van der Waals surface area contributed by atoms with Gasteiger partial charge in [0.05, 0.1) is 23.6 Å². The van der Waals surface area contributed by atoms with Gasteiger partial charge in [-0.3, -0.25) is 0 Å². The van der Waals surface area contributed by atoms with E-state index in [2.05, 4.69) is 34.5 Å². The summed E-state index contributed by atoms with van der Waals surface area (Å²) < 4.78 is 5.46. The van der Waals surface area contributed by atoms with Crippen molar-refractivity contribution < 1.29 is 9.84 Å². The Balaban J connectivity index is 1.64. The highest BCUT2D eigenvalue weighted by Crippen LogP contribution is 2.31. The second-order valence-electron chi connectivity index (χ2n) is 6.59. The lowest BCUT2D eigenvalue weighted by molar-refractivity contribution is 0.0682. The zero-order chi connectivity index (χ0) is 15.4. The van der Waals surface area contributed by atoms with Crippen molar-refractivity contribution >= 4 is 11.4 Å². The molecule has 1 heterocycles. The Bertz CT molecular complexity index is 464. The molecular weight excluding hydrogens is 276 g/mol. The standard InChI is InChI=1S/C18H28N2O2/c1-22-16-8-6-14(7-9-16)19-17-4-2-3-5-18(17)20-12-10-15(21)11-13-20/h2-5,14-16,19,21H,6-13H2,1H3. The summed E-state index contributed by atoms with van der Waals surface area (Å²) in [6.45, 7) is 1.88. The van der Waals surface area contributed by atoms with E-state index >= 15 is 0 Å². The maximum Gasteiger partial charge on any atom is 0.0602 e. The van der Waals surface area contributed by atoms with E-state index in [0.717, 1.165) is 38.8 Å². The van der Waals surface area contributed by atoms with Gasteiger partial charge < -0.3 is 20.1 Å². The molecule has 0 spiro atoms. The summed E-state index contributed by atoms with van der Waals surface area (Å²) in [4.78, 5) is 2.40. The summed E-state index contributed by atoms with van der Waals surface area (Å²) in [7, 11) is 1.82. The summed E-state index contributed by atoms with van der Waals surface area (Å²) in [5, 5.41) is 13.4. The van der Waals surface area contributed by atoms with E-state index < -0.39 is 0 Å². The molecule has 3 rings (SSSR count). The maximum atomic E-state index is 9.70. The molecular formula is C18H28N2O2. The fraction of sp³-hybridized carbons (Fsp3) is 0.667. The first-order valence-electron chi connectivity index (χ1n) is 8.57. The number of aliphatic hydroxyl groups is 1. The lowest BCUT2D eigenvalue weighted by Crippen LogP contribution is -2.36. The van der Waals surface area contributed by atoms with Crippen LogP contribution in [0.25, 0.3) is 0 Å². The number of methoxy groups -OCH3 is 1. The minimum absolute atomic E-state index is 0.124. The summed E-state index contributed by atoms with van der Waals surface area (Å²) in [5.41, 5.74) is 2.52. The third-order valence-corrected chi connectivity index (χ3v) is 5.08. The number of aliphatic hydroxyl groups excluding tert-OH is 1. The van der Waals surface area contributed by atoms with Gasteiger partial charge >= 0.3 is 0 Å². The minimum atomic E-state index is -0.124. The van der Waals surface area contributed by atoms with Crippen LogP contribution in [0.5, 0.6) is 0 Å². The summed E-state index contributed by atoms with van der Waals surface area (Å²) in [6, 6.07) is 9.13. The van der Waals surface area contributed by atoms with E-state index in [1.54, 1.807) is 0 Å². The Kier molecular flexibility index (Phi) is 5.21. The van der Waals surface area contributed by atoms with Gasteiger partial charge in [0.15, 0.2) is 0 Å². The van der Waals surface area contributed by atoms with Gasteiger partial charge in [0.25, 0.3) is 0 Å². The molecule has 2 fully saturated rings. The third-order valence-electron chi connectivity index (χ3n) is 5.08. The number of para-hydroxylation sites is 2. The first-order valence-corrected chi connectivity index (χ1v) is 8.57. The summed E-state index contributed by atoms with van der Waals surface area (Å²) in [6.07, 6.45) is 6.69. The van der Waals surface area contributed by atoms with Crippen LogP contribution in [0.2, 0.25) is 0 Å². The van der Waals surface area contributed by atoms with Crippen molar-refractivity contribution in [1.29, 1.82) is 0 Å². The number of anilines is 2. The molecule has 22 heavy (non-hydrogen) atoms. The smallest absolute Gasteiger partial charge is 0.0602 e. The van der Waals surface area contributed by atoms with Gasteiger partial charge in [-0.25, -0.2) is 0 Å². The number of benzene rings is 1. The highest BCUT2D eigenvalue weighted by Gasteiger charge is 2.23. The maximum absolute atomic E-state index is 9.70. The van der Waals surface area contributed by atoms with Gasteiger partial charge in [0.1, 0.15) is 0 Å². The minimum Gasteiger partial charge on any atom is -0.393 e. The monoisotopic (exact) mass is 304 g/mol. The van der Waals surface area contributed by atoms with Crippen LogP contribution in [0.15, 0.2) is 24.3 Å². The molecule has 1 aromatic rings. The van der Waals surface area contributed by atoms with Crippen molar-refractivity contribution in [3.63, 3.8) is 0 Å². The molecule has 0 amide bonds. The van der Waals surface area contributed by atoms with Gasteiger partial charge in [-0.2, -0.15) is 0 Å². The fourth-order valence-corrected chi connectivity index (χ4v) is 3.64. The van der Waals surface area contributed by atoms with Crippen molar-refractivity contribution in [3.8, 4) is 0 Å². The zero-order valence-electron chi connectivity index (χ0n) is 13.5. The fourth-order valence-electron chi connectivity index (χ4n) is 3.64. The van der Waals surface area contributed by atoms with Gasteiger partial charge in [-0.15, -0.1) is 0 Å². The zero-order valence-corrected chi connectivity index (χ0v) is 13.5. The summed E-state index contributed by atoms with van der Waals surface area (Å²) in [5.74, 6) is 0. The quantitative estimate of drug-likeness (QED) is 0.897. The number of piperidine rings is 1. The van der Waals surface area contributed by atoms with Crippen molar-refractivity contribution in [1.82, 2.24) is 0 Å². The van der Waals surface area contributed by atoms with Crippen molar-refractivity contribution in [3.05, 3.63) is 24.3 Å². The Hall–Kier alpha value is -1.26. The van der Waals surface area contributed by atoms with Gasteiger partial charge in [-0.1, -0.05) is 12.1 Å². The van der Waals surface area contributed by atoms with E-state index in [1.165, 1.54) is 24.2 Å². The average Bonchev–Trinajstić information content (AvgIpc) is 2.57. The van der Waals surface area contributed by atoms with Gasteiger partial charge in [0.2, 0.25) is 0 Å². The van der Waals surface area contributed by atoms with Crippen LogP contribution in [-0.4, -0.2) is 43.6 Å². The molecule has 1 aromatic carbocycles. The molecule has 4 heteroatoms. The van der Waals surface area contributed by atoms with Crippen molar-refractivity contribution in [2.45, 2.75) is 56.8 Å². The lowest BCUT2D eigenvalue weighted by Gasteiger charge is -2.35. The van der Waals surface area contributed by atoms with Crippen LogP contribution in [0.4, 0.5) is 11.4 Å². The van der Waals surface area contributed by atoms with E-state index in [0.29, 0.717) is 12.1 Å². The highest BCUT2D eigenvalue weighted by molar-refractivity contribution is 5.70. The van der Waals surface area contributed by atoms with E-state index in [9.17, 15) is 5.11 Å². The molecule has 0 radical (unpaired) electrons. The number of nitrogens with one attached hydrogen (secondary N) is 1. The van der Waals surface area contributed by atoms with Crippen LogP contribution in [0.1, 0.15) is 38.5 Å². The molecule has 1 saturated carbocycles. The van der Waals surface area contributed by atoms with Crippen LogP contribution < -0.4 is 10.2 Å². The van der Waals surface area contributed by atoms with E-state index in [1.807, 2.05) is 7.11 Å². The van der Waals surface area contributed by atoms with Gasteiger partial charge in [0, 0.05) is 26.2 Å². The number of nitrogens with zero attached hydrogens (tertiary/aromatic N) is 1. The predicted octanol–water partition coefficient (Wildman–Crippen LogP) is 3.02. The predicted molar refractivity (Wildman–Crippen MR) is 90.6 cm³/mol.